The Balaban J connectivity index is 1.54. The second kappa shape index (κ2) is 13.1. The number of carbonyl (C=O) groups excluding carboxylic acids is 2. The van der Waals surface area contributed by atoms with Gasteiger partial charge < -0.3 is 9.47 Å². The lowest BCUT2D eigenvalue weighted by atomic mass is 10.1. The van der Waals surface area contributed by atoms with E-state index in [0.717, 1.165) is 31.2 Å². The molecule has 4 heteroatoms. The Labute approximate surface area is 162 Å². The first-order chi connectivity index (χ1) is 13.2. The van der Waals surface area contributed by atoms with E-state index in [4.69, 9.17) is 9.47 Å². The highest BCUT2D eigenvalue weighted by atomic mass is 16.5. The van der Waals surface area contributed by atoms with Crippen molar-refractivity contribution in [2.24, 2.45) is 0 Å². The normalized spacial score (nSPS) is 16.3. The van der Waals surface area contributed by atoms with Crippen LogP contribution in [0.2, 0.25) is 0 Å². The molecule has 0 spiro atoms. The van der Waals surface area contributed by atoms with E-state index in [0.29, 0.717) is 25.9 Å². The summed E-state index contributed by atoms with van der Waals surface area (Å²) in [6.07, 6.45) is 14.4. The van der Waals surface area contributed by atoms with E-state index in [1.807, 2.05) is 30.3 Å². The summed E-state index contributed by atoms with van der Waals surface area (Å²) in [5, 5.41) is 0. The monoisotopic (exact) mass is 372 g/mol. The van der Waals surface area contributed by atoms with Gasteiger partial charge in [-0.25, -0.2) is 4.79 Å². The minimum absolute atomic E-state index is 0.0940. The molecule has 2 rings (SSSR count). The second-order valence-electron chi connectivity index (χ2n) is 7.18. The largest absolute Gasteiger partial charge is 0.463 e. The van der Waals surface area contributed by atoms with Gasteiger partial charge in [0.25, 0.3) is 0 Å². The first kappa shape index (κ1) is 21.2. The number of esters is 2. The van der Waals surface area contributed by atoms with E-state index in [1.165, 1.54) is 31.8 Å². The van der Waals surface area contributed by atoms with Crippen molar-refractivity contribution in [2.75, 3.05) is 6.61 Å². The van der Waals surface area contributed by atoms with E-state index in [2.05, 4.69) is 0 Å². The van der Waals surface area contributed by atoms with Crippen LogP contribution in [0.25, 0.3) is 6.08 Å². The van der Waals surface area contributed by atoms with E-state index in [9.17, 15) is 9.59 Å². The number of benzene rings is 1. The summed E-state index contributed by atoms with van der Waals surface area (Å²) in [7, 11) is 0. The Morgan fingerprint density at radius 3 is 2.30 bits per heavy atom. The SMILES string of the molecule is O=C(/C=C/c1ccccc1)OCCCCC(=O)OC1CCCCCCCC1. The van der Waals surface area contributed by atoms with E-state index in [-0.39, 0.29) is 18.0 Å². The van der Waals surface area contributed by atoms with Gasteiger partial charge in [-0.2, -0.15) is 0 Å². The van der Waals surface area contributed by atoms with Gasteiger partial charge in [-0.15, -0.1) is 0 Å². The molecule has 0 amide bonds. The fourth-order valence-corrected chi connectivity index (χ4v) is 3.28. The quantitative estimate of drug-likeness (QED) is 0.345. The third-order valence-electron chi connectivity index (χ3n) is 4.83. The highest BCUT2D eigenvalue weighted by Gasteiger charge is 2.15. The number of rotatable bonds is 8. The molecule has 1 aliphatic rings. The first-order valence-corrected chi connectivity index (χ1v) is 10.3. The summed E-state index contributed by atoms with van der Waals surface area (Å²) in [6, 6.07) is 9.62. The van der Waals surface area contributed by atoms with Crippen molar-refractivity contribution in [1.82, 2.24) is 0 Å². The second-order valence-corrected chi connectivity index (χ2v) is 7.18. The first-order valence-electron chi connectivity index (χ1n) is 10.3. The highest BCUT2D eigenvalue weighted by molar-refractivity contribution is 5.87. The lowest BCUT2D eigenvalue weighted by molar-refractivity contribution is -0.150. The zero-order valence-electron chi connectivity index (χ0n) is 16.2. The molecule has 0 aliphatic heterocycles. The van der Waals surface area contributed by atoms with Crippen molar-refractivity contribution in [3.05, 3.63) is 42.0 Å². The molecule has 1 fully saturated rings. The van der Waals surface area contributed by atoms with Gasteiger partial charge in [-0.05, 0) is 50.2 Å². The molecule has 1 aromatic rings. The summed E-state index contributed by atoms with van der Waals surface area (Å²) in [6.45, 7) is 0.328. The molecule has 0 N–H and O–H groups in total. The summed E-state index contributed by atoms with van der Waals surface area (Å²) in [4.78, 5) is 23.7. The summed E-state index contributed by atoms with van der Waals surface area (Å²) in [5.74, 6) is -0.471. The summed E-state index contributed by atoms with van der Waals surface area (Å²) < 4.78 is 10.8. The topological polar surface area (TPSA) is 52.6 Å². The lowest BCUT2D eigenvalue weighted by Gasteiger charge is -2.17. The predicted molar refractivity (Wildman–Crippen MR) is 107 cm³/mol. The van der Waals surface area contributed by atoms with Crippen molar-refractivity contribution < 1.29 is 19.1 Å². The number of carbonyl (C=O) groups is 2. The Kier molecular flexibility index (Phi) is 10.3. The van der Waals surface area contributed by atoms with Crippen LogP contribution in [0.15, 0.2) is 36.4 Å². The van der Waals surface area contributed by atoms with Gasteiger partial charge in [0.15, 0.2) is 0 Å². The predicted octanol–water partition coefficient (Wildman–Crippen LogP) is 5.46. The number of hydrogen-bond donors (Lipinski definition) is 0. The van der Waals surface area contributed by atoms with Crippen LogP contribution >= 0.6 is 0 Å². The van der Waals surface area contributed by atoms with Crippen LogP contribution in [0.4, 0.5) is 0 Å². The Morgan fingerprint density at radius 2 is 1.59 bits per heavy atom. The number of unbranched alkanes of at least 4 members (excludes halogenated alkanes) is 1. The van der Waals surface area contributed by atoms with Crippen LogP contribution in [0.3, 0.4) is 0 Å². The Morgan fingerprint density at radius 1 is 0.926 bits per heavy atom. The molecule has 0 heterocycles. The van der Waals surface area contributed by atoms with Crippen LogP contribution in [0.5, 0.6) is 0 Å². The van der Waals surface area contributed by atoms with Gasteiger partial charge in [0.05, 0.1) is 6.61 Å². The lowest BCUT2D eigenvalue weighted by Crippen LogP contribution is -2.18. The van der Waals surface area contributed by atoms with Gasteiger partial charge in [0, 0.05) is 12.5 Å². The minimum Gasteiger partial charge on any atom is -0.463 e. The average molecular weight is 373 g/mol. The van der Waals surface area contributed by atoms with Gasteiger partial charge in [-0.1, -0.05) is 56.0 Å². The molecule has 1 aromatic carbocycles. The molecular formula is C23H32O4. The van der Waals surface area contributed by atoms with Crippen molar-refractivity contribution in [1.29, 1.82) is 0 Å². The summed E-state index contributed by atoms with van der Waals surface area (Å²) in [5.41, 5.74) is 0.960. The number of ether oxygens (including phenoxy) is 2. The molecule has 0 bridgehead atoms. The molecular weight excluding hydrogens is 340 g/mol. The van der Waals surface area contributed by atoms with Crippen molar-refractivity contribution in [2.45, 2.75) is 76.7 Å². The molecule has 0 unspecified atom stereocenters. The zero-order chi connectivity index (χ0) is 19.2. The third kappa shape index (κ3) is 9.97. The minimum atomic E-state index is -0.355. The van der Waals surface area contributed by atoms with Gasteiger partial charge in [0.1, 0.15) is 6.10 Å². The van der Waals surface area contributed by atoms with Crippen molar-refractivity contribution in [3.63, 3.8) is 0 Å². The molecule has 0 saturated heterocycles. The fourth-order valence-electron chi connectivity index (χ4n) is 3.28. The van der Waals surface area contributed by atoms with Crippen LogP contribution in [0, 0.1) is 0 Å². The van der Waals surface area contributed by atoms with Gasteiger partial charge in [-0.3, -0.25) is 4.79 Å². The zero-order valence-corrected chi connectivity index (χ0v) is 16.2. The van der Waals surface area contributed by atoms with Gasteiger partial charge >= 0.3 is 11.9 Å². The average Bonchev–Trinajstić information content (AvgIpc) is 2.81. The Hall–Kier alpha value is -2.10. The molecule has 1 saturated carbocycles. The van der Waals surface area contributed by atoms with Crippen LogP contribution in [-0.2, 0) is 19.1 Å². The molecule has 148 valence electrons. The third-order valence-corrected chi connectivity index (χ3v) is 4.83. The molecule has 0 atom stereocenters. The maximum atomic E-state index is 12.0. The maximum absolute atomic E-state index is 12.0. The van der Waals surface area contributed by atoms with Gasteiger partial charge in [0.2, 0.25) is 0 Å². The van der Waals surface area contributed by atoms with Crippen LogP contribution in [0.1, 0.15) is 76.2 Å². The molecule has 27 heavy (non-hydrogen) atoms. The smallest absolute Gasteiger partial charge is 0.330 e. The van der Waals surface area contributed by atoms with E-state index < -0.39 is 0 Å². The Bertz CT molecular complexity index is 569. The van der Waals surface area contributed by atoms with E-state index >= 15 is 0 Å². The molecule has 0 aromatic heterocycles. The summed E-state index contributed by atoms with van der Waals surface area (Å²) >= 11 is 0. The van der Waals surface area contributed by atoms with Crippen LogP contribution < -0.4 is 0 Å². The molecule has 4 nitrogen and oxygen atoms in total. The highest BCUT2D eigenvalue weighted by Crippen LogP contribution is 2.19. The van der Waals surface area contributed by atoms with Crippen LogP contribution in [-0.4, -0.2) is 24.6 Å². The standard InChI is InChI=1S/C23H32O4/c24-22(18-17-20-12-6-5-7-13-20)26-19-11-10-16-23(25)27-21-14-8-3-1-2-4-9-15-21/h5-7,12-13,17-18,21H,1-4,8-11,14-16,19H2/b18-17+. The number of hydrogen-bond acceptors (Lipinski definition) is 4. The maximum Gasteiger partial charge on any atom is 0.330 e. The molecule has 0 radical (unpaired) electrons. The molecule has 1 aliphatic carbocycles. The van der Waals surface area contributed by atoms with E-state index in [1.54, 1.807) is 6.08 Å². The van der Waals surface area contributed by atoms with Crippen molar-refractivity contribution >= 4 is 18.0 Å². The fraction of sp³-hybridized carbons (Fsp3) is 0.565. The van der Waals surface area contributed by atoms with Crippen molar-refractivity contribution in [3.8, 4) is 0 Å².